The molecular formula is C22H19N3O2S. The van der Waals surface area contributed by atoms with E-state index in [9.17, 15) is 9.59 Å². The summed E-state index contributed by atoms with van der Waals surface area (Å²) in [4.78, 5) is 27.5. The van der Waals surface area contributed by atoms with Gasteiger partial charge in [-0.25, -0.2) is 4.79 Å². The summed E-state index contributed by atoms with van der Waals surface area (Å²) < 4.78 is 0. The van der Waals surface area contributed by atoms with E-state index in [1.807, 2.05) is 79.7 Å². The van der Waals surface area contributed by atoms with Gasteiger partial charge in [0.2, 0.25) is 0 Å². The maximum Gasteiger partial charge on any atom is 0.346 e. The average Bonchev–Trinajstić information content (AvgIpc) is 3.31. The maximum absolute atomic E-state index is 13.0. The molecule has 3 aromatic rings. The number of urea groups is 1. The summed E-state index contributed by atoms with van der Waals surface area (Å²) >= 11 is 1.55. The molecular weight excluding hydrogens is 370 g/mol. The van der Waals surface area contributed by atoms with Gasteiger partial charge in [0, 0.05) is 9.75 Å². The van der Waals surface area contributed by atoms with Crippen LogP contribution in [0.4, 0.5) is 4.79 Å². The van der Waals surface area contributed by atoms with E-state index in [-0.39, 0.29) is 5.91 Å². The molecule has 1 fully saturated rings. The largest absolute Gasteiger partial charge is 0.346 e. The summed E-state index contributed by atoms with van der Waals surface area (Å²) in [6.45, 7) is 1.88. The first kappa shape index (κ1) is 18.1. The highest BCUT2D eigenvalue weighted by molar-refractivity contribution is 7.17. The third kappa shape index (κ3) is 3.12. The second kappa shape index (κ2) is 7.40. The van der Waals surface area contributed by atoms with Crippen molar-refractivity contribution in [2.24, 2.45) is 5.10 Å². The lowest BCUT2D eigenvalue weighted by molar-refractivity contribution is -0.131. The van der Waals surface area contributed by atoms with Crippen molar-refractivity contribution in [2.45, 2.75) is 18.9 Å². The number of hydrazone groups is 1. The molecule has 2 aromatic carbocycles. The normalized spacial score (nSPS) is 19.4. The Hall–Kier alpha value is -3.25. The van der Waals surface area contributed by atoms with Gasteiger partial charge in [-0.3, -0.25) is 4.79 Å². The number of thiophene rings is 1. The van der Waals surface area contributed by atoms with Gasteiger partial charge < -0.3 is 5.32 Å². The molecule has 1 aliphatic heterocycles. The maximum atomic E-state index is 13.0. The summed E-state index contributed by atoms with van der Waals surface area (Å²) in [5, 5.41) is 7.94. The van der Waals surface area contributed by atoms with Gasteiger partial charge in [-0.2, -0.15) is 5.10 Å². The minimum absolute atomic E-state index is 0.359. The number of benzene rings is 2. The second-order valence-electron chi connectivity index (χ2n) is 6.48. The van der Waals surface area contributed by atoms with Crippen LogP contribution in [0, 0.1) is 0 Å². The molecule has 1 N–H and O–H groups in total. The van der Waals surface area contributed by atoms with Crippen molar-refractivity contribution in [1.29, 1.82) is 0 Å². The Kier molecular flexibility index (Phi) is 4.79. The molecule has 0 aliphatic carbocycles. The molecule has 5 nitrogen and oxygen atoms in total. The minimum Gasteiger partial charge on any atom is -0.318 e. The number of carbonyl (C=O) groups excluding carboxylic acids is 2. The molecule has 0 unspecified atom stereocenters. The van der Waals surface area contributed by atoms with Crippen LogP contribution in [0.5, 0.6) is 0 Å². The molecule has 1 aromatic heterocycles. The predicted molar refractivity (Wildman–Crippen MR) is 111 cm³/mol. The molecule has 0 spiro atoms. The number of carbonyl (C=O) groups is 2. The average molecular weight is 389 g/mol. The van der Waals surface area contributed by atoms with E-state index in [0.29, 0.717) is 6.42 Å². The Morgan fingerprint density at radius 3 is 2.36 bits per heavy atom. The Morgan fingerprint density at radius 1 is 1.00 bits per heavy atom. The topological polar surface area (TPSA) is 61.8 Å². The number of imide groups is 1. The predicted octanol–water partition coefficient (Wildman–Crippen LogP) is 4.61. The standard InChI is InChI=1S/C22H19N3O2S/c1-2-22(17-11-7-4-8-12-17)20(26)25(21(27)24-22)23-15-18-13-14-19(28-18)16-9-5-3-6-10-16/h3-15H,2H2,1H3,(H,24,27)/b23-15-/t22-/m1/s1. The van der Waals surface area contributed by atoms with Gasteiger partial charge in [0.05, 0.1) is 6.21 Å². The van der Waals surface area contributed by atoms with E-state index in [2.05, 4.69) is 10.4 Å². The number of amides is 3. The second-order valence-corrected chi connectivity index (χ2v) is 7.60. The van der Waals surface area contributed by atoms with Crippen LogP contribution in [-0.4, -0.2) is 23.2 Å². The smallest absolute Gasteiger partial charge is 0.318 e. The summed E-state index contributed by atoms with van der Waals surface area (Å²) in [7, 11) is 0. The Morgan fingerprint density at radius 2 is 1.68 bits per heavy atom. The minimum atomic E-state index is -1.07. The summed E-state index contributed by atoms with van der Waals surface area (Å²) in [6.07, 6.45) is 2.01. The van der Waals surface area contributed by atoms with Crippen LogP contribution in [0.1, 0.15) is 23.8 Å². The molecule has 0 bridgehead atoms. The monoisotopic (exact) mass is 389 g/mol. The third-order valence-electron chi connectivity index (χ3n) is 4.85. The molecule has 1 aliphatic rings. The SMILES string of the molecule is CC[C@]1(c2ccccc2)NC(=O)N(/N=C\c2ccc(-c3ccccc3)s2)C1=O. The molecule has 0 saturated carbocycles. The van der Waals surface area contributed by atoms with Crippen LogP contribution in [0.15, 0.2) is 77.9 Å². The van der Waals surface area contributed by atoms with E-state index >= 15 is 0 Å². The van der Waals surface area contributed by atoms with Crippen LogP contribution >= 0.6 is 11.3 Å². The molecule has 1 atom stereocenters. The van der Waals surface area contributed by atoms with Gasteiger partial charge in [0.15, 0.2) is 0 Å². The first-order valence-electron chi connectivity index (χ1n) is 9.05. The molecule has 4 rings (SSSR count). The molecule has 1 saturated heterocycles. The van der Waals surface area contributed by atoms with Crippen LogP contribution in [0.2, 0.25) is 0 Å². The van der Waals surface area contributed by atoms with Crippen LogP contribution in [-0.2, 0) is 10.3 Å². The summed E-state index contributed by atoms with van der Waals surface area (Å²) in [5.41, 5.74) is 0.813. The molecule has 3 amide bonds. The molecule has 140 valence electrons. The van der Waals surface area contributed by atoms with Crippen molar-refractivity contribution < 1.29 is 9.59 Å². The van der Waals surface area contributed by atoms with Gasteiger partial charge in [-0.1, -0.05) is 67.6 Å². The van der Waals surface area contributed by atoms with Crippen molar-refractivity contribution in [1.82, 2.24) is 10.3 Å². The molecule has 2 heterocycles. The lowest BCUT2D eigenvalue weighted by Gasteiger charge is -2.24. The fourth-order valence-electron chi connectivity index (χ4n) is 3.32. The summed E-state index contributed by atoms with van der Waals surface area (Å²) in [6, 6.07) is 22.8. The first-order valence-corrected chi connectivity index (χ1v) is 9.87. The highest BCUT2D eigenvalue weighted by atomic mass is 32.1. The van der Waals surface area contributed by atoms with E-state index in [1.54, 1.807) is 17.6 Å². The van der Waals surface area contributed by atoms with E-state index in [0.717, 1.165) is 25.9 Å². The summed E-state index contributed by atoms with van der Waals surface area (Å²) in [5.74, 6) is -0.359. The number of nitrogens with one attached hydrogen (secondary N) is 1. The molecule has 0 radical (unpaired) electrons. The van der Waals surface area contributed by atoms with Crippen molar-refractivity contribution in [2.75, 3.05) is 0 Å². The van der Waals surface area contributed by atoms with Crippen molar-refractivity contribution in [3.05, 3.63) is 83.2 Å². The zero-order chi connectivity index (χ0) is 19.6. The Bertz CT molecular complexity index is 1030. The molecule has 28 heavy (non-hydrogen) atoms. The zero-order valence-corrected chi connectivity index (χ0v) is 16.1. The molecule has 6 heteroatoms. The lowest BCUT2D eigenvalue weighted by Crippen LogP contribution is -2.43. The number of hydrogen-bond acceptors (Lipinski definition) is 4. The fraction of sp³-hybridized carbons (Fsp3) is 0.136. The van der Waals surface area contributed by atoms with Crippen molar-refractivity contribution in [3.8, 4) is 10.4 Å². The van der Waals surface area contributed by atoms with E-state index in [1.165, 1.54) is 0 Å². The fourth-order valence-corrected chi connectivity index (χ4v) is 4.20. The van der Waals surface area contributed by atoms with E-state index < -0.39 is 11.6 Å². The van der Waals surface area contributed by atoms with Crippen molar-refractivity contribution in [3.63, 3.8) is 0 Å². The lowest BCUT2D eigenvalue weighted by atomic mass is 9.87. The van der Waals surface area contributed by atoms with Gasteiger partial charge in [0.1, 0.15) is 5.54 Å². The Balaban J connectivity index is 1.58. The third-order valence-corrected chi connectivity index (χ3v) is 5.92. The van der Waals surface area contributed by atoms with Crippen LogP contribution < -0.4 is 5.32 Å². The first-order chi connectivity index (χ1) is 13.6. The van der Waals surface area contributed by atoms with E-state index in [4.69, 9.17) is 0 Å². The highest BCUT2D eigenvalue weighted by Gasteiger charge is 2.51. The van der Waals surface area contributed by atoms with Crippen LogP contribution in [0.3, 0.4) is 0 Å². The zero-order valence-electron chi connectivity index (χ0n) is 15.3. The number of hydrogen-bond donors (Lipinski definition) is 1. The van der Waals surface area contributed by atoms with Gasteiger partial charge in [0.25, 0.3) is 5.91 Å². The Labute approximate surface area is 167 Å². The number of rotatable bonds is 5. The van der Waals surface area contributed by atoms with Gasteiger partial charge in [-0.15, -0.1) is 16.3 Å². The van der Waals surface area contributed by atoms with Gasteiger partial charge >= 0.3 is 6.03 Å². The van der Waals surface area contributed by atoms with Crippen LogP contribution in [0.25, 0.3) is 10.4 Å². The quantitative estimate of drug-likeness (QED) is 0.512. The van der Waals surface area contributed by atoms with Gasteiger partial charge in [-0.05, 0) is 29.7 Å². The number of nitrogens with zero attached hydrogens (tertiary/aromatic N) is 2. The van der Waals surface area contributed by atoms with Crippen molar-refractivity contribution >= 4 is 29.5 Å². The highest BCUT2D eigenvalue weighted by Crippen LogP contribution is 2.33.